The van der Waals surface area contributed by atoms with Crippen LogP contribution in [-0.4, -0.2) is 26.7 Å². The van der Waals surface area contributed by atoms with E-state index in [4.69, 9.17) is 9.72 Å². The van der Waals surface area contributed by atoms with Gasteiger partial charge in [-0.05, 0) is 42.3 Å². The minimum Gasteiger partial charge on any atom is -0.461 e. The lowest BCUT2D eigenvalue weighted by Crippen LogP contribution is -2.10. The summed E-state index contributed by atoms with van der Waals surface area (Å²) in [5.74, 6) is -0.408. The van der Waals surface area contributed by atoms with Crippen LogP contribution in [0.15, 0.2) is 97.3 Å². The second-order valence-electron chi connectivity index (χ2n) is 7.95. The van der Waals surface area contributed by atoms with Crippen molar-refractivity contribution in [2.24, 2.45) is 0 Å². The summed E-state index contributed by atoms with van der Waals surface area (Å²) in [6.45, 7) is 3.55. The van der Waals surface area contributed by atoms with Crippen molar-refractivity contribution in [3.05, 3.63) is 114 Å². The zero-order valence-electron chi connectivity index (χ0n) is 18.5. The normalized spacial score (nSPS) is 11.1. The Hall–Kier alpha value is -4.12. The summed E-state index contributed by atoms with van der Waals surface area (Å²) < 4.78 is 9.62. The molecule has 0 radical (unpaired) electrons. The number of rotatable bonds is 7. The SMILES string of the molecule is CCOC(=O)c1cc2c(ccn2Cc2ccccc2)c(-c2cccn2Cc2ccccc2)n1. The number of hydrogen-bond acceptors (Lipinski definition) is 3. The maximum absolute atomic E-state index is 12.7. The van der Waals surface area contributed by atoms with Crippen molar-refractivity contribution in [1.29, 1.82) is 0 Å². The topological polar surface area (TPSA) is 49.0 Å². The van der Waals surface area contributed by atoms with Gasteiger partial charge < -0.3 is 13.9 Å². The van der Waals surface area contributed by atoms with E-state index in [0.717, 1.165) is 28.8 Å². The molecular formula is C28H25N3O2. The Morgan fingerprint density at radius 1 is 0.818 bits per heavy atom. The van der Waals surface area contributed by atoms with E-state index in [2.05, 4.69) is 45.7 Å². The summed E-state index contributed by atoms with van der Waals surface area (Å²) in [4.78, 5) is 17.5. The molecule has 0 atom stereocenters. The number of carbonyl (C=O) groups excluding carboxylic acids is 1. The fourth-order valence-corrected chi connectivity index (χ4v) is 4.16. The van der Waals surface area contributed by atoms with Crippen molar-refractivity contribution in [2.45, 2.75) is 20.0 Å². The molecule has 164 valence electrons. The quantitative estimate of drug-likeness (QED) is 0.305. The van der Waals surface area contributed by atoms with E-state index in [0.29, 0.717) is 18.8 Å². The average molecular weight is 436 g/mol. The molecule has 0 aliphatic rings. The first kappa shape index (κ1) is 20.8. The molecule has 5 aromatic rings. The predicted molar refractivity (Wildman–Crippen MR) is 130 cm³/mol. The summed E-state index contributed by atoms with van der Waals surface area (Å²) in [7, 11) is 0. The number of nitrogens with zero attached hydrogens (tertiary/aromatic N) is 3. The predicted octanol–water partition coefficient (Wildman–Crippen LogP) is 5.78. The third-order valence-corrected chi connectivity index (χ3v) is 5.72. The Morgan fingerprint density at radius 2 is 1.48 bits per heavy atom. The van der Waals surface area contributed by atoms with Crippen LogP contribution in [0.3, 0.4) is 0 Å². The average Bonchev–Trinajstić information content (AvgIpc) is 3.47. The standard InChI is InChI=1S/C28H25N3O2/c1-2-33-28(32)24-18-26-23(15-17-31(26)20-22-12-7-4-8-13-22)27(29-24)25-14-9-16-30(25)19-21-10-5-3-6-11-21/h3-18H,2,19-20H2,1H3. The van der Waals surface area contributed by atoms with Crippen LogP contribution in [0, 0.1) is 0 Å². The van der Waals surface area contributed by atoms with Gasteiger partial charge in [-0.15, -0.1) is 0 Å². The van der Waals surface area contributed by atoms with Crippen LogP contribution in [0.5, 0.6) is 0 Å². The summed E-state index contributed by atoms with van der Waals surface area (Å²) in [6.07, 6.45) is 4.11. The van der Waals surface area contributed by atoms with Crippen molar-refractivity contribution in [3.8, 4) is 11.4 Å². The van der Waals surface area contributed by atoms with Crippen LogP contribution in [0.2, 0.25) is 0 Å². The second-order valence-corrected chi connectivity index (χ2v) is 7.95. The third kappa shape index (κ3) is 4.30. The van der Waals surface area contributed by atoms with Gasteiger partial charge in [0.1, 0.15) is 0 Å². The van der Waals surface area contributed by atoms with E-state index in [1.807, 2.05) is 60.8 Å². The van der Waals surface area contributed by atoms with Crippen LogP contribution >= 0.6 is 0 Å². The Morgan fingerprint density at radius 3 is 2.15 bits per heavy atom. The van der Waals surface area contributed by atoms with Gasteiger partial charge in [-0.1, -0.05) is 60.7 Å². The first-order valence-electron chi connectivity index (χ1n) is 11.1. The van der Waals surface area contributed by atoms with E-state index < -0.39 is 5.97 Å². The number of hydrogen-bond donors (Lipinski definition) is 0. The molecule has 0 N–H and O–H groups in total. The highest BCUT2D eigenvalue weighted by Gasteiger charge is 2.19. The van der Waals surface area contributed by atoms with Gasteiger partial charge in [0, 0.05) is 30.9 Å². The van der Waals surface area contributed by atoms with Gasteiger partial charge in [0.2, 0.25) is 0 Å². The van der Waals surface area contributed by atoms with E-state index in [1.165, 1.54) is 11.1 Å². The lowest BCUT2D eigenvalue weighted by Gasteiger charge is -2.13. The van der Waals surface area contributed by atoms with Gasteiger partial charge in [-0.3, -0.25) is 0 Å². The fourth-order valence-electron chi connectivity index (χ4n) is 4.16. The van der Waals surface area contributed by atoms with Crippen molar-refractivity contribution < 1.29 is 9.53 Å². The maximum Gasteiger partial charge on any atom is 0.357 e. The number of esters is 1. The molecule has 0 amide bonds. The van der Waals surface area contributed by atoms with Gasteiger partial charge in [0.25, 0.3) is 0 Å². The number of benzene rings is 2. The van der Waals surface area contributed by atoms with Crippen LogP contribution in [0.25, 0.3) is 22.3 Å². The van der Waals surface area contributed by atoms with Crippen LogP contribution in [0.4, 0.5) is 0 Å². The van der Waals surface area contributed by atoms with Gasteiger partial charge in [-0.2, -0.15) is 0 Å². The Balaban J connectivity index is 1.63. The first-order chi connectivity index (χ1) is 16.2. The van der Waals surface area contributed by atoms with Gasteiger partial charge in [-0.25, -0.2) is 9.78 Å². The third-order valence-electron chi connectivity index (χ3n) is 5.72. The van der Waals surface area contributed by atoms with Crippen LogP contribution in [-0.2, 0) is 17.8 Å². The summed E-state index contributed by atoms with van der Waals surface area (Å²) in [6, 6.07) is 28.6. The van der Waals surface area contributed by atoms with Gasteiger partial charge in [0.15, 0.2) is 5.69 Å². The zero-order valence-corrected chi connectivity index (χ0v) is 18.5. The summed E-state index contributed by atoms with van der Waals surface area (Å²) >= 11 is 0. The van der Waals surface area contributed by atoms with Crippen molar-refractivity contribution in [1.82, 2.24) is 14.1 Å². The monoisotopic (exact) mass is 435 g/mol. The van der Waals surface area contributed by atoms with Gasteiger partial charge >= 0.3 is 5.97 Å². The molecule has 0 saturated heterocycles. The summed E-state index contributed by atoms with van der Waals surface area (Å²) in [5, 5.41) is 1.01. The minimum absolute atomic E-state index is 0.309. The molecule has 0 bridgehead atoms. The number of fused-ring (bicyclic) bond motifs is 1. The Bertz CT molecular complexity index is 1380. The van der Waals surface area contributed by atoms with E-state index in [1.54, 1.807) is 6.92 Å². The summed E-state index contributed by atoms with van der Waals surface area (Å²) in [5.41, 5.74) is 5.42. The molecule has 0 aliphatic carbocycles. The lowest BCUT2D eigenvalue weighted by molar-refractivity contribution is 0.0520. The molecule has 2 aromatic carbocycles. The number of aromatic nitrogens is 3. The maximum atomic E-state index is 12.7. The highest BCUT2D eigenvalue weighted by Crippen LogP contribution is 2.30. The van der Waals surface area contributed by atoms with Gasteiger partial charge in [0.05, 0.1) is 23.5 Å². The van der Waals surface area contributed by atoms with Crippen molar-refractivity contribution >= 4 is 16.9 Å². The fraction of sp³-hybridized carbons (Fsp3) is 0.143. The molecule has 5 nitrogen and oxygen atoms in total. The Kier molecular flexibility index (Phi) is 5.77. The molecular weight excluding hydrogens is 410 g/mol. The molecule has 0 aliphatic heterocycles. The second kappa shape index (κ2) is 9.17. The van der Waals surface area contributed by atoms with E-state index in [9.17, 15) is 4.79 Å². The molecule has 3 aromatic heterocycles. The number of carbonyl (C=O) groups is 1. The molecule has 0 saturated carbocycles. The zero-order chi connectivity index (χ0) is 22.6. The highest BCUT2D eigenvalue weighted by atomic mass is 16.5. The van der Waals surface area contributed by atoms with E-state index >= 15 is 0 Å². The smallest absolute Gasteiger partial charge is 0.357 e. The van der Waals surface area contributed by atoms with Crippen molar-refractivity contribution in [2.75, 3.05) is 6.61 Å². The number of pyridine rings is 1. The largest absolute Gasteiger partial charge is 0.461 e. The minimum atomic E-state index is -0.408. The molecule has 5 rings (SSSR count). The lowest BCUT2D eigenvalue weighted by atomic mass is 10.1. The van der Waals surface area contributed by atoms with Crippen LogP contribution in [0.1, 0.15) is 28.5 Å². The number of ether oxygens (including phenoxy) is 1. The molecule has 3 heterocycles. The van der Waals surface area contributed by atoms with Crippen LogP contribution < -0.4 is 0 Å². The van der Waals surface area contributed by atoms with Crippen molar-refractivity contribution in [3.63, 3.8) is 0 Å². The first-order valence-corrected chi connectivity index (χ1v) is 11.1. The van der Waals surface area contributed by atoms with E-state index in [-0.39, 0.29) is 0 Å². The molecule has 33 heavy (non-hydrogen) atoms. The Labute approximate surface area is 192 Å². The molecule has 5 heteroatoms. The highest BCUT2D eigenvalue weighted by molar-refractivity contribution is 5.98. The molecule has 0 spiro atoms. The molecule has 0 fully saturated rings. The molecule has 0 unspecified atom stereocenters.